The molecule has 5 N–H and O–H groups in total. The number of rotatable bonds is 7. The monoisotopic (exact) mass is 524 g/mol. The molecule has 1 aliphatic rings. The van der Waals surface area contributed by atoms with Crippen LogP contribution in [0.4, 0.5) is 5.82 Å². The Morgan fingerprint density at radius 3 is 2.85 bits per heavy atom. The highest BCUT2D eigenvalue weighted by Gasteiger charge is 2.44. The van der Waals surface area contributed by atoms with Crippen molar-refractivity contribution in [3.63, 3.8) is 0 Å². The first-order valence-electron chi connectivity index (χ1n) is 10.4. The van der Waals surface area contributed by atoms with Crippen LogP contribution < -0.4 is 5.32 Å². The Labute approximate surface area is 206 Å². The Morgan fingerprint density at radius 1 is 1.26 bits per heavy atom. The van der Waals surface area contributed by atoms with Gasteiger partial charge in [0, 0.05) is 11.8 Å². The fourth-order valence-electron chi connectivity index (χ4n) is 3.71. The van der Waals surface area contributed by atoms with Crippen LogP contribution in [0.3, 0.4) is 0 Å². The van der Waals surface area contributed by atoms with E-state index in [2.05, 4.69) is 25.3 Å². The Bertz CT molecular complexity index is 1340. The van der Waals surface area contributed by atoms with Gasteiger partial charge in [0.05, 0.1) is 23.2 Å². The van der Waals surface area contributed by atoms with E-state index in [1.807, 2.05) is 6.92 Å². The molecule has 180 valence electrons. The molecule has 3 aromatic heterocycles. The van der Waals surface area contributed by atoms with Crippen LogP contribution >= 0.6 is 34.7 Å². The summed E-state index contributed by atoms with van der Waals surface area (Å²) in [5, 5.41) is 42.7. The highest BCUT2D eigenvalue weighted by Crippen LogP contribution is 2.34. The average molecular weight is 525 g/mol. The summed E-state index contributed by atoms with van der Waals surface area (Å²) in [6.07, 6.45) is -2.99. The normalized spacial score (nSPS) is 23.7. The average Bonchev–Trinajstić information content (AvgIpc) is 3.48. The van der Waals surface area contributed by atoms with Crippen molar-refractivity contribution in [2.45, 2.75) is 41.8 Å². The third-order valence-corrected chi connectivity index (χ3v) is 7.97. The molecule has 14 heteroatoms. The molecular weight excluding hydrogens is 504 g/mol. The number of halogens is 1. The van der Waals surface area contributed by atoms with Gasteiger partial charge in [-0.3, -0.25) is 4.57 Å². The highest BCUT2D eigenvalue weighted by molar-refractivity contribution is 8.01. The summed E-state index contributed by atoms with van der Waals surface area (Å²) < 4.78 is 8.86. The fourth-order valence-corrected chi connectivity index (χ4v) is 5.95. The fraction of sp³-hybridized carbons (Fsp3) is 0.400. The van der Waals surface area contributed by atoms with Crippen molar-refractivity contribution in [1.82, 2.24) is 24.5 Å². The molecular formula is C20H21ClN6O5S2. The number of nitrogens with one attached hydrogen (secondary N) is 1. The lowest BCUT2D eigenvalue weighted by molar-refractivity contribution is -0.0511. The molecule has 11 nitrogen and oxygen atoms in total. The molecule has 0 spiro atoms. The van der Waals surface area contributed by atoms with Crippen molar-refractivity contribution in [1.29, 1.82) is 0 Å². The van der Waals surface area contributed by atoms with Crippen LogP contribution in [-0.4, -0.2) is 81.6 Å². The number of ether oxygens (including phenoxy) is 1. The number of benzene rings is 1. The van der Waals surface area contributed by atoms with Gasteiger partial charge in [0.1, 0.15) is 24.1 Å². The molecule has 1 fully saturated rings. The molecule has 0 saturated carbocycles. The number of fused-ring (bicyclic) bond motifs is 2. The zero-order valence-electron chi connectivity index (χ0n) is 17.7. The zero-order valence-corrected chi connectivity index (χ0v) is 20.1. The minimum atomic E-state index is -1.27. The second-order valence-corrected chi connectivity index (χ2v) is 10.5. The van der Waals surface area contributed by atoms with Crippen LogP contribution in [0.15, 0.2) is 28.9 Å². The molecule has 5 unspecified atom stereocenters. The van der Waals surface area contributed by atoms with Crippen molar-refractivity contribution in [2.75, 3.05) is 17.7 Å². The van der Waals surface area contributed by atoms with Gasteiger partial charge >= 0.3 is 0 Å². The van der Waals surface area contributed by atoms with Gasteiger partial charge in [0.15, 0.2) is 27.5 Å². The summed E-state index contributed by atoms with van der Waals surface area (Å²) in [5.74, 6) is 1.30. The number of hydrogen-bond acceptors (Lipinski definition) is 12. The zero-order chi connectivity index (χ0) is 24.0. The maximum atomic E-state index is 10.4. The summed E-state index contributed by atoms with van der Waals surface area (Å²) in [6.45, 7) is 1.55. The van der Waals surface area contributed by atoms with Gasteiger partial charge in [0.25, 0.3) is 0 Å². The minimum absolute atomic E-state index is 0.0191. The lowest BCUT2D eigenvalue weighted by Gasteiger charge is -2.17. The van der Waals surface area contributed by atoms with Gasteiger partial charge in [-0.1, -0.05) is 11.8 Å². The topological polar surface area (TPSA) is 159 Å². The number of aromatic nitrogens is 5. The van der Waals surface area contributed by atoms with Gasteiger partial charge in [-0.15, -0.1) is 11.3 Å². The maximum absolute atomic E-state index is 10.4. The number of aliphatic hydroxyl groups is 3. The Morgan fingerprint density at radius 2 is 2.09 bits per heavy atom. The lowest BCUT2D eigenvalue weighted by Crippen LogP contribution is -2.33. The van der Waals surface area contributed by atoms with E-state index < -0.39 is 31.1 Å². The first-order valence-corrected chi connectivity index (χ1v) is 12.5. The van der Waals surface area contributed by atoms with E-state index in [1.165, 1.54) is 22.2 Å². The standard InChI is InChI=1S/C20H21ClN6O5S2/c1-8(6-33-20-24-10-3-2-9(29)4-12(10)34-20)23-16-13-17(26-19(21)25-16)27(7-22-13)18-15(31)14(30)11(5-28)32-18/h2-4,7-8,11,14-15,18,28-31H,5-6H2,1H3,(H,23,25,26). The first kappa shape index (κ1) is 23.5. The van der Waals surface area contributed by atoms with Crippen molar-refractivity contribution in [3.8, 4) is 5.75 Å². The Kier molecular flexibility index (Phi) is 6.50. The predicted octanol–water partition coefficient (Wildman–Crippen LogP) is 2.00. The van der Waals surface area contributed by atoms with Crippen LogP contribution in [0.2, 0.25) is 5.28 Å². The summed E-state index contributed by atoms with van der Waals surface area (Å²) in [5.41, 5.74) is 1.59. The number of phenols is 1. The van der Waals surface area contributed by atoms with E-state index in [1.54, 1.807) is 30.0 Å². The van der Waals surface area contributed by atoms with Crippen molar-refractivity contribution in [2.24, 2.45) is 0 Å². The van der Waals surface area contributed by atoms with E-state index in [0.717, 1.165) is 14.6 Å². The van der Waals surface area contributed by atoms with Crippen LogP contribution in [-0.2, 0) is 4.74 Å². The highest BCUT2D eigenvalue weighted by atomic mass is 35.5. The molecule has 4 aromatic rings. The Hall–Kier alpha value is -2.26. The number of anilines is 1. The van der Waals surface area contributed by atoms with Gasteiger partial charge in [0.2, 0.25) is 5.28 Å². The molecule has 5 rings (SSSR count). The van der Waals surface area contributed by atoms with Crippen molar-refractivity contribution >= 4 is 61.9 Å². The third-order valence-electron chi connectivity index (χ3n) is 5.38. The van der Waals surface area contributed by atoms with Crippen LogP contribution in [0.1, 0.15) is 13.2 Å². The molecule has 1 aromatic carbocycles. The molecule has 4 heterocycles. The molecule has 0 amide bonds. The summed E-state index contributed by atoms with van der Waals surface area (Å²) in [4.78, 5) is 17.4. The number of thiazole rings is 1. The number of aromatic hydroxyl groups is 1. The molecule has 1 aliphatic heterocycles. The quantitative estimate of drug-likeness (QED) is 0.178. The number of imidazole rings is 1. The van der Waals surface area contributed by atoms with Crippen LogP contribution in [0.5, 0.6) is 5.75 Å². The Balaban J connectivity index is 1.33. The third kappa shape index (κ3) is 4.40. The van der Waals surface area contributed by atoms with Crippen molar-refractivity contribution < 1.29 is 25.2 Å². The molecule has 5 atom stereocenters. The van der Waals surface area contributed by atoms with Crippen molar-refractivity contribution in [3.05, 3.63) is 29.8 Å². The molecule has 1 saturated heterocycles. The SMILES string of the molecule is CC(CSc1nc2ccc(O)cc2s1)Nc1nc(Cl)nc2c1ncn2C1OC(CO)C(O)C1O. The maximum Gasteiger partial charge on any atom is 0.226 e. The number of hydrogen-bond donors (Lipinski definition) is 5. The van der Waals surface area contributed by atoms with Gasteiger partial charge < -0.3 is 30.5 Å². The van der Waals surface area contributed by atoms with E-state index in [4.69, 9.17) is 16.3 Å². The second-order valence-electron chi connectivity index (χ2n) is 7.88. The van der Waals surface area contributed by atoms with E-state index in [-0.39, 0.29) is 17.1 Å². The summed E-state index contributed by atoms with van der Waals surface area (Å²) in [7, 11) is 0. The molecule has 0 aliphatic carbocycles. The van der Waals surface area contributed by atoms with Gasteiger partial charge in [-0.2, -0.15) is 9.97 Å². The van der Waals surface area contributed by atoms with Crippen LogP contribution in [0, 0.1) is 0 Å². The van der Waals surface area contributed by atoms with Crippen LogP contribution in [0.25, 0.3) is 21.4 Å². The summed E-state index contributed by atoms with van der Waals surface area (Å²) >= 11 is 9.25. The smallest absolute Gasteiger partial charge is 0.226 e. The number of aliphatic hydroxyl groups excluding tert-OH is 3. The van der Waals surface area contributed by atoms with Gasteiger partial charge in [-0.05, 0) is 36.7 Å². The van der Waals surface area contributed by atoms with E-state index in [9.17, 15) is 20.4 Å². The minimum Gasteiger partial charge on any atom is -0.508 e. The van der Waals surface area contributed by atoms with E-state index >= 15 is 0 Å². The number of thioether (sulfide) groups is 1. The predicted molar refractivity (Wildman–Crippen MR) is 128 cm³/mol. The second kappa shape index (κ2) is 9.41. The largest absolute Gasteiger partial charge is 0.508 e. The lowest BCUT2D eigenvalue weighted by atomic mass is 10.1. The summed E-state index contributed by atoms with van der Waals surface area (Å²) in [6, 6.07) is 5.06. The van der Waals surface area contributed by atoms with E-state index in [0.29, 0.717) is 22.7 Å². The molecule has 0 radical (unpaired) electrons. The molecule has 34 heavy (non-hydrogen) atoms. The molecule has 0 bridgehead atoms. The first-order chi connectivity index (χ1) is 16.3. The number of nitrogens with zero attached hydrogens (tertiary/aromatic N) is 5. The number of phenolic OH excluding ortho intramolecular Hbond substituents is 1. The van der Waals surface area contributed by atoms with Gasteiger partial charge in [-0.25, -0.2) is 9.97 Å².